The number of benzene rings is 1. The molecule has 0 saturated carbocycles. The summed E-state index contributed by atoms with van der Waals surface area (Å²) in [4.78, 5) is 20.7. The summed E-state index contributed by atoms with van der Waals surface area (Å²) in [5.41, 5.74) is 0.774. The second-order valence-electron chi connectivity index (χ2n) is 3.40. The van der Waals surface area contributed by atoms with Gasteiger partial charge in [-0.1, -0.05) is 44.0 Å². The number of alkyl halides is 2. The van der Waals surface area contributed by atoms with Gasteiger partial charge in [0.25, 0.3) is 5.69 Å². The number of non-ortho nitro benzene ring substituents is 1. The van der Waals surface area contributed by atoms with Crippen molar-refractivity contribution >= 4 is 43.5 Å². The quantitative estimate of drug-likeness (QED) is 0.340. The SMILES string of the molecule is CCOC(=O)[C@@H](Br)[C@H](Br)c1ccc([N+](=O)[O-])cc1. The Bertz CT molecular complexity index is 435. The van der Waals surface area contributed by atoms with E-state index in [1.54, 1.807) is 19.1 Å². The zero-order chi connectivity index (χ0) is 13.7. The van der Waals surface area contributed by atoms with E-state index in [-0.39, 0.29) is 16.5 Å². The predicted molar refractivity (Wildman–Crippen MR) is 74.1 cm³/mol. The lowest BCUT2D eigenvalue weighted by molar-refractivity contribution is -0.384. The zero-order valence-corrected chi connectivity index (χ0v) is 12.7. The van der Waals surface area contributed by atoms with E-state index in [1.165, 1.54) is 12.1 Å². The molecule has 1 aromatic rings. The van der Waals surface area contributed by atoms with Gasteiger partial charge in [0.1, 0.15) is 4.83 Å². The van der Waals surface area contributed by atoms with E-state index in [4.69, 9.17) is 4.74 Å². The van der Waals surface area contributed by atoms with E-state index in [0.29, 0.717) is 6.61 Å². The number of carbonyl (C=O) groups excluding carboxylic acids is 1. The molecule has 98 valence electrons. The molecule has 7 heteroatoms. The van der Waals surface area contributed by atoms with Crippen molar-refractivity contribution in [2.24, 2.45) is 0 Å². The minimum atomic E-state index is -0.543. The molecular formula is C11H11Br2NO4. The molecule has 0 spiro atoms. The van der Waals surface area contributed by atoms with Gasteiger partial charge < -0.3 is 4.74 Å². The van der Waals surface area contributed by atoms with E-state index < -0.39 is 9.75 Å². The van der Waals surface area contributed by atoms with Gasteiger partial charge in [-0.3, -0.25) is 14.9 Å². The summed E-state index contributed by atoms with van der Waals surface area (Å²) in [7, 11) is 0. The predicted octanol–water partition coefficient (Wildman–Crippen LogP) is 3.36. The molecule has 0 saturated heterocycles. The Kier molecular flexibility index (Phi) is 5.74. The van der Waals surface area contributed by atoms with Gasteiger partial charge in [-0.25, -0.2) is 0 Å². The number of nitrogens with zero attached hydrogens (tertiary/aromatic N) is 1. The molecule has 0 bridgehead atoms. The monoisotopic (exact) mass is 379 g/mol. The standard InChI is InChI=1S/C11H11Br2NO4/c1-2-18-11(15)10(13)9(12)7-3-5-8(6-4-7)14(16)17/h3-6,9-10H,2H2,1H3/t9-,10+/m1/s1. The molecule has 0 heterocycles. The number of esters is 1. The third-order valence-corrected chi connectivity index (χ3v) is 4.86. The van der Waals surface area contributed by atoms with Crippen LogP contribution < -0.4 is 0 Å². The fourth-order valence-corrected chi connectivity index (χ4v) is 2.25. The fraction of sp³-hybridized carbons (Fsp3) is 0.364. The summed E-state index contributed by atoms with van der Waals surface area (Å²) in [5.74, 6) is -0.377. The third kappa shape index (κ3) is 3.78. The maximum absolute atomic E-state index is 11.5. The van der Waals surface area contributed by atoms with Gasteiger partial charge in [-0.2, -0.15) is 0 Å². The van der Waals surface area contributed by atoms with Crippen LogP contribution >= 0.6 is 31.9 Å². The molecule has 18 heavy (non-hydrogen) atoms. The Labute approximate surface area is 121 Å². The number of halogens is 2. The molecule has 0 amide bonds. The normalized spacial score (nSPS) is 13.7. The Balaban J connectivity index is 2.80. The van der Waals surface area contributed by atoms with Crippen LogP contribution in [0.15, 0.2) is 24.3 Å². The number of hydrogen-bond donors (Lipinski definition) is 0. The molecular weight excluding hydrogens is 370 g/mol. The van der Waals surface area contributed by atoms with Crippen LogP contribution in [-0.4, -0.2) is 22.3 Å². The second kappa shape index (κ2) is 6.84. The highest BCUT2D eigenvalue weighted by atomic mass is 79.9. The van der Waals surface area contributed by atoms with E-state index >= 15 is 0 Å². The summed E-state index contributed by atoms with van der Waals surface area (Å²) in [6.07, 6.45) is 0. The highest BCUT2D eigenvalue weighted by molar-refractivity contribution is 9.12. The summed E-state index contributed by atoms with van der Waals surface area (Å²) in [6.45, 7) is 2.04. The molecule has 0 fully saturated rings. The first kappa shape index (κ1) is 15.1. The number of rotatable bonds is 5. The Morgan fingerprint density at radius 3 is 2.39 bits per heavy atom. The van der Waals surface area contributed by atoms with Gasteiger partial charge in [-0.15, -0.1) is 0 Å². The fourth-order valence-electron chi connectivity index (χ4n) is 1.29. The molecule has 0 aliphatic heterocycles. The maximum atomic E-state index is 11.5. The lowest BCUT2D eigenvalue weighted by atomic mass is 10.1. The largest absolute Gasteiger partial charge is 0.465 e. The molecule has 0 N–H and O–H groups in total. The minimum Gasteiger partial charge on any atom is -0.465 e. The second-order valence-corrected chi connectivity index (χ2v) is 5.38. The third-order valence-electron chi connectivity index (χ3n) is 2.19. The first-order valence-corrected chi connectivity index (χ1v) is 6.99. The highest BCUT2D eigenvalue weighted by Gasteiger charge is 2.26. The Morgan fingerprint density at radius 1 is 1.39 bits per heavy atom. The van der Waals surface area contributed by atoms with E-state index in [0.717, 1.165) is 5.56 Å². The van der Waals surface area contributed by atoms with Crippen molar-refractivity contribution in [1.82, 2.24) is 0 Å². The van der Waals surface area contributed by atoms with Gasteiger partial charge in [0, 0.05) is 12.1 Å². The highest BCUT2D eigenvalue weighted by Crippen LogP contribution is 2.32. The average Bonchev–Trinajstić information content (AvgIpc) is 2.37. The number of nitro groups is 1. The summed E-state index contributed by atoms with van der Waals surface area (Å²) in [5, 5.41) is 10.5. The number of nitro benzene ring substituents is 1. The van der Waals surface area contributed by atoms with Crippen LogP contribution in [-0.2, 0) is 9.53 Å². The summed E-state index contributed by atoms with van der Waals surface area (Å²) >= 11 is 6.60. The molecule has 0 aliphatic rings. The molecule has 5 nitrogen and oxygen atoms in total. The molecule has 1 rings (SSSR count). The van der Waals surface area contributed by atoms with Crippen LogP contribution in [0.1, 0.15) is 17.3 Å². The zero-order valence-electron chi connectivity index (χ0n) is 9.51. The van der Waals surface area contributed by atoms with E-state index in [9.17, 15) is 14.9 Å². The van der Waals surface area contributed by atoms with Crippen LogP contribution in [0.25, 0.3) is 0 Å². The smallest absolute Gasteiger partial charge is 0.321 e. The van der Waals surface area contributed by atoms with Crippen molar-refractivity contribution in [2.45, 2.75) is 16.6 Å². The van der Waals surface area contributed by atoms with Crippen LogP contribution in [0, 0.1) is 10.1 Å². The maximum Gasteiger partial charge on any atom is 0.321 e. The summed E-state index contributed by atoms with van der Waals surface area (Å²) in [6, 6.07) is 6.00. The molecule has 0 aromatic heterocycles. The molecule has 1 aromatic carbocycles. The number of hydrogen-bond acceptors (Lipinski definition) is 4. The van der Waals surface area contributed by atoms with Gasteiger partial charge in [0.15, 0.2) is 0 Å². The van der Waals surface area contributed by atoms with Crippen LogP contribution in [0.2, 0.25) is 0 Å². The van der Waals surface area contributed by atoms with Crippen molar-refractivity contribution in [3.63, 3.8) is 0 Å². The average molecular weight is 381 g/mol. The number of carbonyl (C=O) groups is 1. The Morgan fingerprint density at radius 2 is 1.94 bits per heavy atom. The topological polar surface area (TPSA) is 69.4 Å². The van der Waals surface area contributed by atoms with Crippen molar-refractivity contribution in [2.75, 3.05) is 6.61 Å². The first-order chi connectivity index (χ1) is 8.47. The molecule has 0 radical (unpaired) electrons. The van der Waals surface area contributed by atoms with Crippen molar-refractivity contribution in [3.05, 3.63) is 39.9 Å². The van der Waals surface area contributed by atoms with Crippen molar-refractivity contribution < 1.29 is 14.5 Å². The number of ether oxygens (including phenoxy) is 1. The van der Waals surface area contributed by atoms with Gasteiger partial charge in [0.2, 0.25) is 0 Å². The lowest BCUT2D eigenvalue weighted by Crippen LogP contribution is -2.21. The van der Waals surface area contributed by atoms with Crippen molar-refractivity contribution in [1.29, 1.82) is 0 Å². The van der Waals surface area contributed by atoms with Gasteiger partial charge >= 0.3 is 5.97 Å². The lowest BCUT2D eigenvalue weighted by Gasteiger charge is -2.15. The van der Waals surface area contributed by atoms with Crippen molar-refractivity contribution in [3.8, 4) is 0 Å². The Hall–Kier alpha value is -0.950. The van der Waals surface area contributed by atoms with Gasteiger partial charge in [0.05, 0.1) is 16.4 Å². The first-order valence-electron chi connectivity index (χ1n) is 5.16. The van der Waals surface area contributed by atoms with Gasteiger partial charge in [-0.05, 0) is 12.5 Å². The molecule has 2 atom stereocenters. The summed E-state index contributed by atoms with van der Waals surface area (Å²) < 4.78 is 4.88. The minimum absolute atomic E-state index is 0.0145. The van der Waals surface area contributed by atoms with Crippen LogP contribution in [0.4, 0.5) is 5.69 Å². The van der Waals surface area contributed by atoms with Crippen LogP contribution in [0.5, 0.6) is 0 Å². The molecule has 0 unspecified atom stereocenters. The van der Waals surface area contributed by atoms with E-state index in [1.807, 2.05) is 0 Å². The molecule has 0 aliphatic carbocycles. The van der Waals surface area contributed by atoms with Crippen LogP contribution in [0.3, 0.4) is 0 Å². The van der Waals surface area contributed by atoms with E-state index in [2.05, 4.69) is 31.9 Å².